The van der Waals surface area contributed by atoms with Gasteiger partial charge in [-0.2, -0.15) is 0 Å². The van der Waals surface area contributed by atoms with E-state index in [0.717, 1.165) is 55.7 Å². The number of benzene rings is 11. The van der Waals surface area contributed by atoms with Crippen molar-refractivity contribution in [3.8, 4) is 66.8 Å². The topological polar surface area (TPSA) is 16.4 Å². The molecule has 1 heterocycles. The van der Waals surface area contributed by atoms with Crippen molar-refractivity contribution in [3.05, 3.63) is 261 Å². The Bertz CT molecular complexity index is 3700. The first-order chi connectivity index (χ1) is 32.7. The maximum Gasteiger partial charge on any atom is 0.143 e. The molecule has 0 amide bonds. The Morgan fingerprint density at radius 1 is 0.242 bits per heavy atom. The van der Waals surface area contributed by atoms with Crippen molar-refractivity contribution in [1.29, 1.82) is 0 Å². The molecule has 12 rings (SSSR count). The first-order valence-corrected chi connectivity index (χ1v) is 22.6. The van der Waals surface area contributed by atoms with Gasteiger partial charge in [0, 0.05) is 33.4 Å². The van der Waals surface area contributed by atoms with E-state index in [1.807, 2.05) is 12.1 Å². The molecule has 0 aliphatic rings. The van der Waals surface area contributed by atoms with E-state index in [-0.39, 0.29) is 0 Å². The lowest BCUT2D eigenvalue weighted by atomic mass is 9.87. The van der Waals surface area contributed by atoms with Crippen LogP contribution in [0.4, 0.5) is 17.1 Å². The molecule has 0 aliphatic heterocycles. The summed E-state index contributed by atoms with van der Waals surface area (Å²) in [5.41, 5.74) is 19.1. The second-order valence-corrected chi connectivity index (χ2v) is 16.8. The van der Waals surface area contributed by atoms with Gasteiger partial charge in [0.05, 0.1) is 0 Å². The number of furan rings is 1. The van der Waals surface area contributed by atoms with Gasteiger partial charge >= 0.3 is 0 Å². The maximum atomic E-state index is 6.53. The van der Waals surface area contributed by atoms with Crippen molar-refractivity contribution in [2.75, 3.05) is 4.90 Å². The number of rotatable bonds is 9. The SMILES string of the molecule is c1ccc(-c2ccccc2-c2ccccc2-c2ccccc2-c2ccc(N(c3ccc(-c4ccc5ccccc5c4)cc3)c3cccc(-c4cccc5c4oc4ccccc45)c3)cc2)cc1. The lowest BCUT2D eigenvalue weighted by molar-refractivity contribution is 0.670. The monoisotopic (exact) mass is 841 g/mol. The van der Waals surface area contributed by atoms with E-state index in [1.54, 1.807) is 0 Å². The molecule has 0 saturated carbocycles. The molecule has 0 N–H and O–H groups in total. The Morgan fingerprint density at radius 2 is 0.712 bits per heavy atom. The van der Waals surface area contributed by atoms with Crippen molar-refractivity contribution in [1.82, 2.24) is 0 Å². The number of anilines is 3. The van der Waals surface area contributed by atoms with E-state index in [0.29, 0.717) is 0 Å². The van der Waals surface area contributed by atoms with Crippen LogP contribution in [-0.2, 0) is 0 Å². The summed E-state index contributed by atoms with van der Waals surface area (Å²) in [6.45, 7) is 0. The predicted octanol–water partition coefficient (Wildman–Crippen LogP) is 18.2. The Morgan fingerprint density at radius 3 is 1.39 bits per heavy atom. The molecule has 2 nitrogen and oxygen atoms in total. The van der Waals surface area contributed by atoms with Gasteiger partial charge in [-0.05, 0) is 121 Å². The van der Waals surface area contributed by atoms with E-state index < -0.39 is 0 Å². The zero-order valence-electron chi connectivity index (χ0n) is 36.2. The first-order valence-electron chi connectivity index (χ1n) is 22.6. The quantitative estimate of drug-likeness (QED) is 0.144. The zero-order chi connectivity index (χ0) is 43.8. The van der Waals surface area contributed by atoms with Crippen LogP contribution in [0.25, 0.3) is 99.5 Å². The van der Waals surface area contributed by atoms with Crippen molar-refractivity contribution in [3.63, 3.8) is 0 Å². The summed E-state index contributed by atoms with van der Waals surface area (Å²) in [5, 5.41) is 4.72. The normalized spacial score (nSPS) is 11.3. The summed E-state index contributed by atoms with van der Waals surface area (Å²) < 4.78 is 6.53. The van der Waals surface area contributed by atoms with Gasteiger partial charge in [0.1, 0.15) is 11.2 Å². The Hall–Kier alpha value is -8.72. The second-order valence-electron chi connectivity index (χ2n) is 16.8. The third kappa shape index (κ3) is 7.12. The lowest BCUT2D eigenvalue weighted by Crippen LogP contribution is -2.10. The summed E-state index contributed by atoms with van der Waals surface area (Å²) in [4.78, 5) is 2.36. The molecule has 11 aromatic carbocycles. The van der Waals surface area contributed by atoms with E-state index >= 15 is 0 Å². The van der Waals surface area contributed by atoms with Crippen molar-refractivity contribution in [2.24, 2.45) is 0 Å². The van der Waals surface area contributed by atoms with Crippen LogP contribution in [0.3, 0.4) is 0 Å². The molecule has 0 spiro atoms. The van der Waals surface area contributed by atoms with Crippen LogP contribution in [0.15, 0.2) is 265 Å². The fourth-order valence-electron chi connectivity index (χ4n) is 9.71. The standard InChI is InChI=1S/C64H43NO/c1-2-17-46(18-3-1)54-22-6-8-24-57(54)59-26-10-11-27-60(59)58-25-9-7-23-55(58)47-36-40-52(41-37-47)65(51-38-34-45(35-39-51)49-33-32-44-16-4-5-19-48(44)42-49)53-21-14-20-50(43-53)56-29-15-30-62-61-28-12-13-31-63(61)66-64(56)62/h1-43H. The highest BCUT2D eigenvalue weighted by Gasteiger charge is 2.19. The Labute approximate surface area is 384 Å². The molecular weight excluding hydrogens is 799 g/mol. The minimum atomic E-state index is 0.895. The highest BCUT2D eigenvalue weighted by Crippen LogP contribution is 2.44. The van der Waals surface area contributed by atoms with Crippen LogP contribution >= 0.6 is 0 Å². The number of para-hydroxylation sites is 2. The van der Waals surface area contributed by atoms with Crippen molar-refractivity contribution >= 4 is 49.8 Å². The Balaban J connectivity index is 0.953. The fraction of sp³-hybridized carbons (Fsp3) is 0. The molecule has 310 valence electrons. The minimum absolute atomic E-state index is 0.895. The van der Waals surface area contributed by atoms with Crippen molar-refractivity contribution in [2.45, 2.75) is 0 Å². The highest BCUT2D eigenvalue weighted by atomic mass is 16.3. The van der Waals surface area contributed by atoms with Gasteiger partial charge in [-0.25, -0.2) is 0 Å². The Kier molecular flexibility index (Phi) is 9.89. The van der Waals surface area contributed by atoms with Gasteiger partial charge < -0.3 is 9.32 Å². The third-order valence-electron chi connectivity index (χ3n) is 12.9. The van der Waals surface area contributed by atoms with Crippen LogP contribution < -0.4 is 4.90 Å². The molecule has 0 bridgehead atoms. The number of fused-ring (bicyclic) bond motifs is 4. The molecule has 0 fully saturated rings. The molecule has 12 aromatic rings. The average Bonchev–Trinajstić information content (AvgIpc) is 3.79. The predicted molar refractivity (Wildman–Crippen MR) is 279 cm³/mol. The summed E-state index contributed by atoms with van der Waals surface area (Å²) >= 11 is 0. The molecule has 2 heteroatoms. The second kappa shape index (κ2) is 16.8. The summed E-state index contributed by atoms with van der Waals surface area (Å²) in [6.07, 6.45) is 0. The van der Waals surface area contributed by atoms with E-state index in [4.69, 9.17) is 4.42 Å². The van der Waals surface area contributed by atoms with Crippen LogP contribution in [0, 0.1) is 0 Å². The summed E-state index contributed by atoms with van der Waals surface area (Å²) in [7, 11) is 0. The highest BCUT2D eigenvalue weighted by molar-refractivity contribution is 6.09. The number of nitrogens with zero attached hydrogens (tertiary/aromatic N) is 1. The molecule has 66 heavy (non-hydrogen) atoms. The molecule has 0 atom stereocenters. The van der Waals surface area contributed by atoms with E-state index in [9.17, 15) is 0 Å². The molecule has 0 radical (unpaired) electrons. The average molecular weight is 842 g/mol. The molecule has 0 saturated heterocycles. The first kappa shape index (κ1) is 38.9. The summed E-state index contributed by atoms with van der Waals surface area (Å²) in [6, 6.07) is 93.8. The van der Waals surface area contributed by atoms with Crippen LogP contribution in [-0.4, -0.2) is 0 Å². The number of hydrogen-bond acceptors (Lipinski definition) is 2. The number of hydrogen-bond donors (Lipinski definition) is 0. The molecule has 0 aliphatic carbocycles. The fourth-order valence-corrected chi connectivity index (χ4v) is 9.71. The molecule has 1 aromatic heterocycles. The minimum Gasteiger partial charge on any atom is -0.455 e. The van der Waals surface area contributed by atoms with Gasteiger partial charge in [-0.1, -0.05) is 212 Å². The van der Waals surface area contributed by atoms with Gasteiger partial charge in [0.15, 0.2) is 0 Å². The van der Waals surface area contributed by atoms with Gasteiger partial charge in [-0.3, -0.25) is 0 Å². The summed E-state index contributed by atoms with van der Waals surface area (Å²) in [5.74, 6) is 0. The molecular formula is C64H43NO. The van der Waals surface area contributed by atoms with E-state index in [1.165, 1.54) is 60.8 Å². The van der Waals surface area contributed by atoms with Gasteiger partial charge in [-0.15, -0.1) is 0 Å². The van der Waals surface area contributed by atoms with Crippen LogP contribution in [0.2, 0.25) is 0 Å². The van der Waals surface area contributed by atoms with Crippen molar-refractivity contribution < 1.29 is 4.42 Å². The third-order valence-corrected chi connectivity index (χ3v) is 12.9. The smallest absolute Gasteiger partial charge is 0.143 e. The van der Waals surface area contributed by atoms with Gasteiger partial charge in [0.2, 0.25) is 0 Å². The van der Waals surface area contributed by atoms with Crippen LogP contribution in [0.1, 0.15) is 0 Å². The lowest BCUT2D eigenvalue weighted by Gasteiger charge is -2.26. The maximum absolute atomic E-state index is 6.53. The van der Waals surface area contributed by atoms with Gasteiger partial charge in [0.25, 0.3) is 0 Å². The largest absolute Gasteiger partial charge is 0.455 e. The molecule has 0 unspecified atom stereocenters. The zero-order valence-corrected chi connectivity index (χ0v) is 36.2. The van der Waals surface area contributed by atoms with Crippen LogP contribution in [0.5, 0.6) is 0 Å². The van der Waals surface area contributed by atoms with E-state index in [2.05, 4.69) is 254 Å².